The number of ether oxygens (including phenoxy) is 1. The molecular weight excluding hydrogens is 372 g/mol. The van der Waals surface area contributed by atoms with Crippen LogP contribution in [0.15, 0.2) is 97.1 Å². The van der Waals surface area contributed by atoms with Gasteiger partial charge in [0.2, 0.25) is 0 Å². The van der Waals surface area contributed by atoms with Crippen LogP contribution in [0.4, 0.5) is 0 Å². The van der Waals surface area contributed by atoms with Gasteiger partial charge in [-0.25, -0.2) is 0 Å². The molecule has 0 unspecified atom stereocenters. The van der Waals surface area contributed by atoms with E-state index in [1.54, 1.807) is 0 Å². The molecule has 3 aromatic rings. The molecule has 0 amide bonds. The Morgan fingerprint density at radius 1 is 0.759 bits per heavy atom. The Kier molecular flexibility index (Phi) is 6.60. The van der Waals surface area contributed by atoms with Crippen LogP contribution in [0.5, 0.6) is 11.5 Å². The Labute approximate surface area is 176 Å². The summed E-state index contributed by atoms with van der Waals surface area (Å²) >= 11 is 0. The van der Waals surface area contributed by atoms with Crippen molar-refractivity contribution in [2.45, 2.75) is 32.7 Å². The molecule has 0 radical (unpaired) electrons. The van der Waals surface area contributed by atoms with Gasteiger partial charge >= 0.3 is 8.32 Å². The average molecular weight is 403 g/mol. The second-order valence-corrected chi connectivity index (χ2v) is 12.3. The second kappa shape index (κ2) is 9.14. The van der Waals surface area contributed by atoms with E-state index in [2.05, 4.69) is 81.4 Å². The highest BCUT2D eigenvalue weighted by Gasteiger charge is 2.52. The van der Waals surface area contributed by atoms with Crippen molar-refractivity contribution in [1.82, 2.24) is 0 Å². The summed E-state index contributed by atoms with van der Waals surface area (Å²) < 4.78 is 12.9. The van der Waals surface area contributed by atoms with Crippen molar-refractivity contribution in [2.75, 3.05) is 6.61 Å². The summed E-state index contributed by atoms with van der Waals surface area (Å²) in [6.07, 6.45) is 3.98. The van der Waals surface area contributed by atoms with Crippen molar-refractivity contribution in [1.29, 1.82) is 0 Å². The smallest absolute Gasteiger partial charge is 0.319 e. The van der Waals surface area contributed by atoms with Gasteiger partial charge in [0, 0.05) is 6.07 Å². The van der Waals surface area contributed by atoms with Crippen LogP contribution in [-0.2, 0) is 0 Å². The number of hydrogen-bond donors (Lipinski definition) is 0. The summed E-state index contributed by atoms with van der Waals surface area (Å²) in [5.41, 5.74) is 0. The molecule has 0 N–H and O–H groups in total. The summed E-state index contributed by atoms with van der Waals surface area (Å²) in [5, 5.41) is 2.45. The summed E-state index contributed by atoms with van der Waals surface area (Å²) in [6, 6.07) is 29.4. The predicted molar refractivity (Wildman–Crippen MR) is 125 cm³/mol. The molecule has 150 valence electrons. The Balaban J connectivity index is 2.11. The van der Waals surface area contributed by atoms with Crippen LogP contribution in [-0.4, -0.2) is 14.9 Å². The van der Waals surface area contributed by atoms with Gasteiger partial charge in [-0.05, 0) is 34.5 Å². The van der Waals surface area contributed by atoms with Gasteiger partial charge in [-0.3, -0.25) is 0 Å². The third kappa shape index (κ3) is 4.62. The molecule has 3 heteroatoms. The van der Waals surface area contributed by atoms with Crippen molar-refractivity contribution in [2.24, 2.45) is 0 Å². The van der Waals surface area contributed by atoms with Gasteiger partial charge in [-0.2, -0.15) is 0 Å². The molecular formula is C26H30O2Si. The lowest BCUT2D eigenvalue weighted by atomic mass is 10.2. The quantitative estimate of drug-likeness (QED) is 0.379. The van der Waals surface area contributed by atoms with E-state index in [4.69, 9.17) is 9.16 Å². The molecule has 0 fully saturated rings. The molecule has 0 saturated carbocycles. The zero-order chi connectivity index (χ0) is 20.7. The van der Waals surface area contributed by atoms with E-state index < -0.39 is 8.32 Å². The minimum absolute atomic E-state index is 0.0719. The van der Waals surface area contributed by atoms with Gasteiger partial charge in [0.05, 0.1) is 0 Å². The number of rotatable bonds is 7. The van der Waals surface area contributed by atoms with Gasteiger partial charge in [0.15, 0.2) is 0 Å². The van der Waals surface area contributed by atoms with E-state index in [0.29, 0.717) is 6.61 Å². The third-order valence-corrected chi connectivity index (χ3v) is 10.0. The van der Waals surface area contributed by atoms with Crippen LogP contribution in [0, 0.1) is 0 Å². The molecule has 0 atom stereocenters. The first-order chi connectivity index (χ1) is 14.0. The maximum atomic E-state index is 7.03. The lowest BCUT2D eigenvalue weighted by molar-refractivity contribution is 0.361. The molecule has 3 rings (SSSR count). The van der Waals surface area contributed by atoms with Gasteiger partial charge in [0.1, 0.15) is 18.1 Å². The molecule has 0 heterocycles. The fourth-order valence-electron chi connectivity index (χ4n) is 3.69. The Morgan fingerprint density at radius 2 is 1.31 bits per heavy atom. The van der Waals surface area contributed by atoms with E-state index >= 15 is 0 Å². The van der Waals surface area contributed by atoms with E-state index in [0.717, 1.165) is 11.5 Å². The van der Waals surface area contributed by atoms with E-state index in [1.165, 1.54) is 10.4 Å². The maximum Gasteiger partial charge on any atom is 0.319 e. The van der Waals surface area contributed by atoms with Crippen LogP contribution < -0.4 is 19.5 Å². The molecule has 2 nitrogen and oxygen atoms in total. The SMILES string of the molecule is C/C=C/COc1cccc(O[Si](c2ccccc2)(c2ccccc2)C(C)(C)C)c1. The van der Waals surface area contributed by atoms with E-state index in [9.17, 15) is 0 Å². The highest BCUT2D eigenvalue weighted by molar-refractivity contribution is 7.00. The molecule has 0 saturated heterocycles. The molecule has 0 aliphatic rings. The van der Waals surface area contributed by atoms with Crippen LogP contribution in [0.1, 0.15) is 27.7 Å². The Hall–Kier alpha value is -2.78. The molecule has 0 spiro atoms. The first-order valence-corrected chi connectivity index (χ1v) is 12.0. The molecule has 3 aromatic carbocycles. The van der Waals surface area contributed by atoms with Crippen LogP contribution in [0.2, 0.25) is 5.04 Å². The normalized spacial score (nSPS) is 12.1. The van der Waals surface area contributed by atoms with Crippen molar-refractivity contribution >= 4 is 18.7 Å². The third-order valence-electron chi connectivity index (χ3n) is 5.08. The number of allylic oxidation sites excluding steroid dienone is 1. The minimum atomic E-state index is -2.62. The molecule has 0 bridgehead atoms. The summed E-state index contributed by atoms with van der Waals surface area (Å²) in [6.45, 7) is 9.40. The molecule has 0 aromatic heterocycles. The van der Waals surface area contributed by atoms with Gasteiger partial charge in [0.25, 0.3) is 0 Å². The number of benzene rings is 3. The summed E-state index contributed by atoms with van der Waals surface area (Å²) in [7, 11) is -2.62. The largest absolute Gasteiger partial charge is 0.534 e. The first-order valence-electron chi connectivity index (χ1n) is 10.1. The van der Waals surface area contributed by atoms with Crippen molar-refractivity contribution < 1.29 is 9.16 Å². The second-order valence-electron chi connectivity index (χ2n) is 8.12. The molecule has 0 aliphatic carbocycles. The lowest BCUT2D eigenvalue weighted by Crippen LogP contribution is -2.68. The zero-order valence-corrected chi connectivity index (χ0v) is 18.8. The van der Waals surface area contributed by atoms with E-state index in [-0.39, 0.29) is 5.04 Å². The van der Waals surface area contributed by atoms with Gasteiger partial charge in [-0.1, -0.05) is 99.7 Å². The maximum absolute atomic E-state index is 7.03. The Morgan fingerprint density at radius 3 is 1.83 bits per heavy atom. The standard InChI is InChI=1S/C26H30O2Si/c1-5-6-20-27-22-14-13-15-23(21-22)28-29(26(2,3)4,24-16-9-7-10-17-24)25-18-11-8-12-19-25/h5-19,21H,20H2,1-4H3/b6-5+. The fraction of sp³-hybridized carbons (Fsp3) is 0.231. The minimum Gasteiger partial charge on any atom is -0.534 e. The van der Waals surface area contributed by atoms with E-state index in [1.807, 2.05) is 43.3 Å². The monoisotopic (exact) mass is 402 g/mol. The predicted octanol–water partition coefficient (Wildman–Crippen LogP) is 5.58. The van der Waals surface area contributed by atoms with Crippen molar-refractivity contribution in [3.8, 4) is 11.5 Å². The molecule has 0 aliphatic heterocycles. The van der Waals surface area contributed by atoms with Crippen LogP contribution in [0.3, 0.4) is 0 Å². The summed E-state index contributed by atoms with van der Waals surface area (Å²) in [4.78, 5) is 0. The van der Waals surface area contributed by atoms with Crippen LogP contribution >= 0.6 is 0 Å². The van der Waals surface area contributed by atoms with Crippen molar-refractivity contribution in [3.63, 3.8) is 0 Å². The Bertz CT molecular complexity index is 888. The molecule has 29 heavy (non-hydrogen) atoms. The zero-order valence-electron chi connectivity index (χ0n) is 17.8. The van der Waals surface area contributed by atoms with Crippen LogP contribution in [0.25, 0.3) is 0 Å². The summed E-state index contributed by atoms with van der Waals surface area (Å²) in [5.74, 6) is 1.66. The fourth-order valence-corrected chi connectivity index (χ4v) is 8.11. The topological polar surface area (TPSA) is 18.5 Å². The van der Waals surface area contributed by atoms with Crippen molar-refractivity contribution in [3.05, 3.63) is 97.1 Å². The first kappa shape index (κ1) is 20.9. The number of hydrogen-bond acceptors (Lipinski definition) is 2. The lowest BCUT2D eigenvalue weighted by Gasteiger charge is -2.43. The van der Waals surface area contributed by atoms with Gasteiger partial charge < -0.3 is 9.16 Å². The average Bonchev–Trinajstić information content (AvgIpc) is 2.73. The highest BCUT2D eigenvalue weighted by Crippen LogP contribution is 2.38. The highest BCUT2D eigenvalue weighted by atomic mass is 28.4. The van der Waals surface area contributed by atoms with Gasteiger partial charge in [-0.15, -0.1) is 0 Å².